The van der Waals surface area contributed by atoms with Crippen molar-refractivity contribution in [1.82, 2.24) is 0 Å². The predicted molar refractivity (Wildman–Crippen MR) is 85.4 cm³/mol. The lowest BCUT2D eigenvalue weighted by atomic mass is 10.2. The van der Waals surface area contributed by atoms with Crippen LogP contribution in [-0.4, -0.2) is 35.9 Å². The predicted octanol–water partition coefficient (Wildman–Crippen LogP) is 3.00. The highest BCUT2D eigenvalue weighted by Gasteiger charge is 2.51. The lowest BCUT2D eigenvalue weighted by Crippen LogP contribution is -2.42. The van der Waals surface area contributed by atoms with E-state index >= 15 is 0 Å². The minimum Gasteiger partial charge on any atom is -0.376 e. The van der Waals surface area contributed by atoms with Crippen LogP contribution in [-0.2, 0) is 20.2 Å². The summed E-state index contributed by atoms with van der Waals surface area (Å²) >= 11 is 0. The zero-order valence-electron chi connectivity index (χ0n) is 14.2. The lowest BCUT2D eigenvalue weighted by molar-refractivity contribution is -0.0502. The van der Waals surface area contributed by atoms with Crippen LogP contribution in [0.5, 0.6) is 11.5 Å². The van der Waals surface area contributed by atoms with E-state index in [2.05, 4.69) is 8.37 Å². The zero-order chi connectivity index (χ0) is 21.6. The molecule has 0 fully saturated rings. The Kier molecular flexibility index (Phi) is 5.97. The molecule has 1 aromatic carbocycles. The van der Waals surface area contributed by atoms with E-state index in [1.54, 1.807) is 0 Å². The van der Waals surface area contributed by atoms with Crippen molar-refractivity contribution in [2.75, 3.05) is 0 Å². The van der Waals surface area contributed by atoms with E-state index in [-0.39, 0.29) is 5.56 Å². The Bertz CT molecular complexity index is 862. The topological polar surface area (TPSA) is 86.7 Å². The van der Waals surface area contributed by atoms with Crippen LogP contribution in [0, 0.1) is 6.92 Å². The van der Waals surface area contributed by atoms with Crippen LogP contribution in [0.25, 0.3) is 0 Å². The average Bonchev–Trinajstić information content (AvgIpc) is 2.31. The molecule has 0 aromatic heterocycles. The first-order chi connectivity index (χ1) is 11.7. The first-order valence-electron chi connectivity index (χ1n) is 6.86. The minimum atomic E-state index is -6.14. The van der Waals surface area contributed by atoms with E-state index in [4.69, 9.17) is 0 Å². The summed E-state index contributed by atoms with van der Waals surface area (Å²) in [4.78, 5) is 0. The summed E-state index contributed by atoms with van der Waals surface area (Å²) in [6.45, 7) is 5.42. The molecule has 0 atom stereocenters. The molecule has 0 bridgehead atoms. The fraction of sp³-hybridized carbons (Fsp3) is 0.500. The van der Waals surface area contributed by atoms with Crippen LogP contribution < -0.4 is 13.6 Å². The van der Waals surface area contributed by atoms with Crippen LogP contribution in [0.15, 0.2) is 12.1 Å². The molecule has 0 heterocycles. The summed E-state index contributed by atoms with van der Waals surface area (Å²) in [5, 5.41) is -0.478. The summed E-state index contributed by atoms with van der Waals surface area (Å²) in [6, 6.07) is 1.67. The van der Waals surface area contributed by atoms with Gasteiger partial charge in [0.1, 0.15) is 11.5 Å². The van der Waals surface area contributed by atoms with E-state index in [9.17, 15) is 43.2 Å². The molecule has 0 aliphatic rings. The van der Waals surface area contributed by atoms with Gasteiger partial charge >= 0.3 is 31.3 Å². The van der Waals surface area contributed by atoms with Crippen LogP contribution in [0.3, 0.4) is 0 Å². The van der Waals surface area contributed by atoms with E-state index in [1.807, 2.05) is 0 Å². The molecule has 0 radical (unpaired) electrons. The fourth-order valence-electron chi connectivity index (χ4n) is 1.92. The summed E-state index contributed by atoms with van der Waals surface area (Å²) in [6.07, 6.45) is 0. The third kappa shape index (κ3) is 5.28. The molecule has 6 nitrogen and oxygen atoms in total. The molecule has 0 spiro atoms. The van der Waals surface area contributed by atoms with Gasteiger partial charge in [-0.05, 0) is 24.6 Å². The van der Waals surface area contributed by atoms with Gasteiger partial charge in [-0.25, -0.2) is 0 Å². The number of hydrogen-bond acceptors (Lipinski definition) is 6. The Morgan fingerprint density at radius 3 is 1.30 bits per heavy atom. The van der Waals surface area contributed by atoms with Crippen molar-refractivity contribution >= 4 is 33.5 Å². The van der Waals surface area contributed by atoms with Crippen molar-refractivity contribution < 1.29 is 51.5 Å². The summed E-state index contributed by atoms with van der Waals surface area (Å²) in [7, 11) is -15.3. The van der Waals surface area contributed by atoms with Gasteiger partial charge in [0.05, 0.1) is 8.07 Å². The lowest BCUT2D eigenvalue weighted by Gasteiger charge is -2.24. The van der Waals surface area contributed by atoms with Gasteiger partial charge in [0.2, 0.25) is 0 Å². The van der Waals surface area contributed by atoms with Gasteiger partial charge in [0, 0.05) is 5.19 Å². The number of halogens is 6. The SMILES string of the molecule is Cc1cc(OS(=O)(=O)C(F)(F)F)c([Si](C)(C)C)c(OS(=O)(=O)C(F)(F)F)c1. The third-order valence-electron chi connectivity index (χ3n) is 2.93. The molecule has 0 unspecified atom stereocenters. The van der Waals surface area contributed by atoms with Gasteiger partial charge in [0.15, 0.2) is 0 Å². The van der Waals surface area contributed by atoms with E-state index in [1.165, 1.54) is 26.6 Å². The Balaban J connectivity index is 3.72. The standard InChI is InChI=1S/C12H14F6O6S2Si/c1-7-5-8(23-25(19,20)11(13,14)15)10(27(2,3)4)9(6-7)24-26(21,22)12(16,17)18/h5-6H,1-4H3. The second kappa shape index (κ2) is 6.84. The van der Waals surface area contributed by atoms with Crippen molar-refractivity contribution in [3.8, 4) is 11.5 Å². The number of alkyl halides is 6. The number of rotatable bonds is 5. The van der Waals surface area contributed by atoms with Crippen molar-refractivity contribution in [2.24, 2.45) is 0 Å². The van der Waals surface area contributed by atoms with Crippen LogP contribution in [0.4, 0.5) is 26.3 Å². The Morgan fingerprint density at radius 2 is 1.07 bits per heavy atom. The molecular formula is C12H14F6O6S2Si. The van der Waals surface area contributed by atoms with Gasteiger partial charge in [-0.1, -0.05) is 19.6 Å². The van der Waals surface area contributed by atoms with E-state index in [0.29, 0.717) is 0 Å². The van der Waals surface area contributed by atoms with Gasteiger partial charge < -0.3 is 8.37 Å². The number of benzene rings is 1. The highest BCUT2D eigenvalue weighted by molar-refractivity contribution is 7.88. The number of hydrogen-bond donors (Lipinski definition) is 0. The molecule has 1 aromatic rings. The average molecular weight is 460 g/mol. The van der Waals surface area contributed by atoms with Gasteiger partial charge in [-0.3, -0.25) is 0 Å². The smallest absolute Gasteiger partial charge is 0.376 e. The molecule has 0 aliphatic heterocycles. The van der Waals surface area contributed by atoms with Gasteiger partial charge in [-0.15, -0.1) is 0 Å². The van der Waals surface area contributed by atoms with Crippen molar-refractivity contribution in [3.63, 3.8) is 0 Å². The van der Waals surface area contributed by atoms with Gasteiger partial charge in [0.25, 0.3) is 0 Å². The van der Waals surface area contributed by atoms with Crippen LogP contribution in [0.1, 0.15) is 5.56 Å². The summed E-state index contributed by atoms with van der Waals surface area (Å²) < 4.78 is 129. The molecule has 0 N–H and O–H groups in total. The molecule has 27 heavy (non-hydrogen) atoms. The van der Waals surface area contributed by atoms with Crippen molar-refractivity contribution in [3.05, 3.63) is 17.7 Å². The highest BCUT2D eigenvalue weighted by Crippen LogP contribution is 2.33. The van der Waals surface area contributed by atoms with Crippen LogP contribution >= 0.6 is 0 Å². The molecule has 15 heteroatoms. The zero-order valence-corrected chi connectivity index (χ0v) is 16.8. The molecule has 156 valence electrons. The molecule has 1 rings (SSSR count). The highest BCUT2D eigenvalue weighted by atomic mass is 32.2. The summed E-state index contributed by atoms with van der Waals surface area (Å²) in [5.74, 6) is -1.89. The Hall–Kier alpha value is -1.48. The first-order valence-corrected chi connectivity index (χ1v) is 13.2. The van der Waals surface area contributed by atoms with E-state index in [0.717, 1.165) is 12.1 Å². The van der Waals surface area contributed by atoms with Crippen molar-refractivity contribution in [1.29, 1.82) is 0 Å². The largest absolute Gasteiger partial charge is 0.534 e. The second-order valence-corrected chi connectivity index (χ2v) is 14.4. The summed E-state index contributed by atoms with van der Waals surface area (Å²) in [5.41, 5.74) is -11.7. The Labute approximate surface area is 152 Å². The minimum absolute atomic E-state index is 0.0863. The maximum absolute atomic E-state index is 12.6. The fourth-order valence-corrected chi connectivity index (χ4v) is 4.72. The van der Waals surface area contributed by atoms with Crippen molar-refractivity contribution in [2.45, 2.75) is 37.6 Å². The van der Waals surface area contributed by atoms with Crippen LogP contribution in [0.2, 0.25) is 19.6 Å². The maximum atomic E-state index is 12.6. The molecule has 0 saturated heterocycles. The molecule has 0 saturated carbocycles. The number of aryl methyl sites for hydroxylation is 1. The third-order valence-corrected chi connectivity index (χ3v) is 6.85. The first kappa shape index (κ1) is 23.6. The molecule has 0 aliphatic carbocycles. The monoisotopic (exact) mass is 460 g/mol. The normalized spacial score (nSPS) is 14.1. The van der Waals surface area contributed by atoms with E-state index < -0.39 is 56.0 Å². The second-order valence-electron chi connectivity index (χ2n) is 6.35. The molecular weight excluding hydrogens is 446 g/mol. The molecule has 0 amide bonds. The van der Waals surface area contributed by atoms with Gasteiger partial charge in [-0.2, -0.15) is 43.2 Å². The maximum Gasteiger partial charge on any atom is 0.534 e. The quantitative estimate of drug-likeness (QED) is 0.291. The Morgan fingerprint density at radius 1 is 0.778 bits per heavy atom.